The Morgan fingerprint density at radius 2 is 2.25 bits per heavy atom. The van der Waals surface area contributed by atoms with Crippen molar-refractivity contribution >= 4 is 17.6 Å². The quantitative estimate of drug-likeness (QED) is 0.723. The van der Waals surface area contributed by atoms with Gasteiger partial charge in [0.25, 0.3) is 0 Å². The Morgan fingerprint density at radius 1 is 1.58 bits per heavy atom. The SMILES string of the molecule is O=C(O)c1c(F)cccc1CCl. The van der Waals surface area contributed by atoms with Crippen LogP contribution in [-0.2, 0) is 5.88 Å². The number of hydrogen-bond donors (Lipinski definition) is 1. The summed E-state index contributed by atoms with van der Waals surface area (Å²) in [5, 5.41) is 8.58. The lowest BCUT2D eigenvalue weighted by Gasteiger charge is -2.01. The van der Waals surface area contributed by atoms with E-state index in [1.165, 1.54) is 12.1 Å². The van der Waals surface area contributed by atoms with Crippen LogP contribution in [0.15, 0.2) is 18.2 Å². The molecule has 0 bridgehead atoms. The maximum absolute atomic E-state index is 12.8. The van der Waals surface area contributed by atoms with Gasteiger partial charge in [-0.1, -0.05) is 12.1 Å². The molecule has 0 unspecified atom stereocenters. The molecule has 12 heavy (non-hydrogen) atoms. The van der Waals surface area contributed by atoms with Crippen molar-refractivity contribution in [3.63, 3.8) is 0 Å². The van der Waals surface area contributed by atoms with Gasteiger partial charge < -0.3 is 5.11 Å². The van der Waals surface area contributed by atoms with Crippen LogP contribution >= 0.6 is 11.6 Å². The van der Waals surface area contributed by atoms with Gasteiger partial charge in [0.05, 0.1) is 5.56 Å². The van der Waals surface area contributed by atoms with Gasteiger partial charge in [-0.3, -0.25) is 0 Å². The van der Waals surface area contributed by atoms with Crippen LogP contribution in [0.4, 0.5) is 4.39 Å². The summed E-state index contributed by atoms with van der Waals surface area (Å²) < 4.78 is 12.8. The molecular formula is C8H6ClFO2. The van der Waals surface area contributed by atoms with Crippen molar-refractivity contribution in [2.45, 2.75) is 5.88 Å². The second-order valence-electron chi connectivity index (χ2n) is 2.21. The van der Waals surface area contributed by atoms with E-state index in [1.54, 1.807) is 0 Å². The van der Waals surface area contributed by atoms with Gasteiger partial charge in [0.15, 0.2) is 0 Å². The summed E-state index contributed by atoms with van der Waals surface area (Å²) in [4.78, 5) is 10.5. The minimum Gasteiger partial charge on any atom is -0.478 e. The summed E-state index contributed by atoms with van der Waals surface area (Å²) in [5.41, 5.74) is -0.0448. The van der Waals surface area contributed by atoms with Crippen LogP contribution in [0.25, 0.3) is 0 Å². The van der Waals surface area contributed by atoms with Crippen LogP contribution in [0.2, 0.25) is 0 Å². The highest BCUT2D eigenvalue weighted by molar-refractivity contribution is 6.17. The normalized spacial score (nSPS) is 9.83. The molecule has 1 aromatic rings. The summed E-state index contributed by atoms with van der Waals surface area (Å²) in [6.45, 7) is 0. The molecule has 0 atom stereocenters. The summed E-state index contributed by atoms with van der Waals surface area (Å²) in [6.07, 6.45) is 0. The topological polar surface area (TPSA) is 37.3 Å². The largest absolute Gasteiger partial charge is 0.478 e. The van der Waals surface area contributed by atoms with E-state index in [4.69, 9.17) is 16.7 Å². The first kappa shape index (κ1) is 9.00. The molecule has 0 aromatic heterocycles. The number of alkyl halides is 1. The molecule has 0 fully saturated rings. The number of carboxylic acids is 1. The van der Waals surface area contributed by atoms with Crippen LogP contribution < -0.4 is 0 Å². The number of rotatable bonds is 2. The monoisotopic (exact) mass is 188 g/mol. The minimum absolute atomic E-state index is 0.000602. The molecule has 0 aliphatic heterocycles. The third kappa shape index (κ3) is 1.56. The maximum Gasteiger partial charge on any atom is 0.339 e. The highest BCUT2D eigenvalue weighted by atomic mass is 35.5. The van der Waals surface area contributed by atoms with Crippen LogP contribution in [0.1, 0.15) is 15.9 Å². The van der Waals surface area contributed by atoms with Gasteiger partial charge in [-0.15, -0.1) is 11.6 Å². The maximum atomic E-state index is 12.8. The molecule has 0 saturated heterocycles. The lowest BCUT2D eigenvalue weighted by molar-refractivity contribution is 0.0691. The molecule has 1 N–H and O–H groups in total. The zero-order valence-corrected chi connectivity index (χ0v) is 6.81. The lowest BCUT2D eigenvalue weighted by Crippen LogP contribution is -2.04. The number of halogens is 2. The number of hydrogen-bond acceptors (Lipinski definition) is 1. The Bertz CT molecular complexity index is 312. The van der Waals surface area contributed by atoms with Gasteiger partial charge in [-0.05, 0) is 11.6 Å². The number of carbonyl (C=O) groups is 1. The molecular weight excluding hydrogens is 183 g/mol. The summed E-state index contributed by atoms with van der Waals surface area (Å²) in [7, 11) is 0. The van der Waals surface area contributed by atoms with Crippen molar-refractivity contribution < 1.29 is 14.3 Å². The predicted octanol–water partition coefficient (Wildman–Crippen LogP) is 2.26. The van der Waals surface area contributed by atoms with E-state index >= 15 is 0 Å². The Labute approximate surface area is 73.6 Å². The van der Waals surface area contributed by atoms with E-state index in [9.17, 15) is 9.18 Å². The lowest BCUT2D eigenvalue weighted by atomic mass is 10.1. The highest BCUT2D eigenvalue weighted by Crippen LogP contribution is 2.15. The fourth-order valence-electron chi connectivity index (χ4n) is 0.920. The Morgan fingerprint density at radius 3 is 2.67 bits per heavy atom. The van der Waals surface area contributed by atoms with E-state index in [2.05, 4.69) is 0 Å². The second kappa shape index (κ2) is 3.54. The minimum atomic E-state index is -1.29. The first-order chi connectivity index (χ1) is 5.66. The van der Waals surface area contributed by atoms with Gasteiger partial charge in [-0.25, -0.2) is 9.18 Å². The van der Waals surface area contributed by atoms with Gasteiger partial charge in [0.2, 0.25) is 0 Å². The number of carboxylic acid groups (broad SMARTS) is 1. The zero-order chi connectivity index (χ0) is 9.14. The van der Waals surface area contributed by atoms with E-state index in [0.717, 1.165) is 6.07 Å². The highest BCUT2D eigenvalue weighted by Gasteiger charge is 2.13. The van der Waals surface area contributed by atoms with Crippen LogP contribution in [0, 0.1) is 5.82 Å². The van der Waals surface area contributed by atoms with Crippen LogP contribution in [0.3, 0.4) is 0 Å². The average Bonchev–Trinajstić information content (AvgIpc) is 2.03. The molecule has 0 aliphatic carbocycles. The third-order valence-corrected chi connectivity index (χ3v) is 1.75. The molecule has 4 heteroatoms. The van der Waals surface area contributed by atoms with E-state index < -0.39 is 11.8 Å². The molecule has 1 aromatic carbocycles. The van der Waals surface area contributed by atoms with Crippen LogP contribution in [0.5, 0.6) is 0 Å². The van der Waals surface area contributed by atoms with Crippen molar-refractivity contribution in [2.24, 2.45) is 0 Å². The molecule has 0 heterocycles. The van der Waals surface area contributed by atoms with Crippen molar-refractivity contribution in [3.05, 3.63) is 35.1 Å². The summed E-state index contributed by atoms with van der Waals surface area (Å²) in [6, 6.07) is 4.01. The Balaban J connectivity index is 3.29. The van der Waals surface area contributed by atoms with Crippen molar-refractivity contribution in [2.75, 3.05) is 0 Å². The van der Waals surface area contributed by atoms with Crippen molar-refractivity contribution in [1.82, 2.24) is 0 Å². The summed E-state index contributed by atoms with van der Waals surface area (Å²) >= 11 is 5.42. The Hall–Kier alpha value is -1.09. The van der Waals surface area contributed by atoms with E-state index in [1.807, 2.05) is 0 Å². The van der Waals surface area contributed by atoms with Gasteiger partial charge in [-0.2, -0.15) is 0 Å². The molecule has 0 radical (unpaired) electrons. The molecule has 64 valence electrons. The smallest absolute Gasteiger partial charge is 0.339 e. The third-order valence-electron chi connectivity index (χ3n) is 1.46. The first-order valence-corrected chi connectivity index (χ1v) is 3.77. The average molecular weight is 189 g/mol. The van der Waals surface area contributed by atoms with E-state index in [-0.39, 0.29) is 11.4 Å². The Kier molecular flexibility index (Phi) is 2.65. The molecule has 0 amide bonds. The van der Waals surface area contributed by atoms with Gasteiger partial charge in [0.1, 0.15) is 5.82 Å². The van der Waals surface area contributed by atoms with Crippen molar-refractivity contribution in [1.29, 1.82) is 0 Å². The molecule has 0 aliphatic rings. The van der Waals surface area contributed by atoms with Crippen molar-refractivity contribution in [3.8, 4) is 0 Å². The molecule has 0 saturated carbocycles. The fourth-order valence-corrected chi connectivity index (χ4v) is 1.14. The standard InChI is InChI=1S/C8H6ClFO2/c9-4-5-2-1-3-6(10)7(5)8(11)12/h1-3H,4H2,(H,11,12). The van der Waals surface area contributed by atoms with Gasteiger partial charge in [0, 0.05) is 5.88 Å². The van der Waals surface area contributed by atoms with Crippen LogP contribution in [-0.4, -0.2) is 11.1 Å². The fraction of sp³-hybridized carbons (Fsp3) is 0.125. The number of benzene rings is 1. The van der Waals surface area contributed by atoms with E-state index in [0.29, 0.717) is 5.56 Å². The predicted molar refractivity (Wildman–Crippen MR) is 42.9 cm³/mol. The molecule has 2 nitrogen and oxygen atoms in total. The molecule has 0 spiro atoms. The zero-order valence-electron chi connectivity index (χ0n) is 6.05. The second-order valence-corrected chi connectivity index (χ2v) is 2.48. The van der Waals surface area contributed by atoms with Gasteiger partial charge >= 0.3 is 5.97 Å². The summed E-state index contributed by atoms with van der Waals surface area (Å²) in [5.74, 6) is -2.04. The molecule has 1 rings (SSSR count). The first-order valence-electron chi connectivity index (χ1n) is 3.23. The number of aromatic carboxylic acids is 1.